The monoisotopic (exact) mass is 1530 g/mol. The van der Waals surface area contributed by atoms with Gasteiger partial charge in [0, 0.05) is 68.3 Å². The number of rotatable bonds is 48. The highest BCUT2D eigenvalue weighted by Gasteiger charge is 2.46. The van der Waals surface area contributed by atoms with Gasteiger partial charge < -0.3 is 97.8 Å². The normalized spacial score (nSPS) is 17.8. The van der Waals surface area contributed by atoms with Crippen molar-refractivity contribution in [2.75, 3.05) is 156 Å². The van der Waals surface area contributed by atoms with Crippen LogP contribution in [0.15, 0.2) is 77.1 Å². The first-order valence-corrected chi connectivity index (χ1v) is 37.2. The first-order chi connectivity index (χ1) is 52.6. The van der Waals surface area contributed by atoms with Crippen molar-refractivity contribution >= 4 is 76.6 Å². The second kappa shape index (κ2) is 43.9. The zero-order chi connectivity index (χ0) is 78.4. The zero-order valence-electron chi connectivity index (χ0n) is 63.9. The second-order valence-electron chi connectivity index (χ2n) is 27.4. The van der Waals surface area contributed by atoms with Crippen molar-refractivity contribution in [2.24, 2.45) is 22.7 Å². The molecule has 5 aliphatic heterocycles. The van der Waals surface area contributed by atoms with Crippen molar-refractivity contribution in [3.05, 3.63) is 88.8 Å². The number of carbonyl (C=O) groups is 9. The van der Waals surface area contributed by atoms with Gasteiger partial charge in [0.05, 0.1) is 161 Å². The number of hydrogen-bond acceptors (Lipinski definition) is 24. The summed E-state index contributed by atoms with van der Waals surface area (Å²) in [6.07, 6.45) is 6.02. The Morgan fingerprint density at radius 2 is 1.13 bits per heavy atom. The number of carbonyl (C=O) groups excluding carboxylic acids is 9. The van der Waals surface area contributed by atoms with Crippen LogP contribution in [-0.2, 0) is 78.0 Å². The lowest BCUT2D eigenvalue weighted by Gasteiger charge is -2.31. The Morgan fingerprint density at radius 1 is 0.587 bits per heavy atom. The van der Waals surface area contributed by atoms with Crippen LogP contribution >= 0.6 is 0 Å². The maximum Gasteiger partial charge on any atom is 0.416 e. The van der Waals surface area contributed by atoms with Crippen LogP contribution < -0.4 is 45.1 Å². The molecule has 1 unspecified atom stereocenters. The molecule has 32 heteroatoms. The summed E-state index contributed by atoms with van der Waals surface area (Å²) in [6, 6.07) is 9.85. The van der Waals surface area contributed by atoms with Crippen molar-refractivity contribution in [1.82, 2.24) is 30.7 Å². The highest BCUT2D eigenvalue weighted by atomic mass is 16.6. The Hall–Kier alpha value is -9.12. The molecule has 0 aromatic heterocycles. The summed E-state index contributed by atoms with van der Waals surface area (Å²) in [4.78, 5) is 128. The molecule has 0 radical (unpaired) electrons. The van der Waals surface area contributed by atoms with Crippen LogP contribution in [0.1, 0.15) is 120 Å². The van der Waals surface area contributed by atoms with Gasteiger partial charge in [0.25, 0.3) is 11.8 Å². The van der Waals surface area contributed by atoms with E-state index >= 15 is 0 Å². The molecule has 598 valence electrons. The first-order valence-electron chi connectivity index (χ1n) is 37.2. The standard InChI is InChI=1S/C77H107N9O23/c1-49(2)57-41-69(89)83(73(57)92)19-17-67(87)78-18-22-99-23-24-100-25-26-101-27-28-102-29-30-103-31-32-104-33-34-105-35-36-106-48-68(88)82-70(50(3)4)72(91)80-53(7)71(90)81-55-15-13-54(14-16-55)47-109-77(96)86-61-43-66(64(98-9)40-59(61)75(94)85-46-52(6)38-62(85)76(86)95)108-21-12-10-11-20-107-65-42-60-58(39-63(65)97-8)74(93)84-45-51(5)37-56(84)44-79-60/h13-16,39-40,42-46,49-50,53,56-57,62,70,76,95H,10-12,17-38,41,47-48H2,1-9H3,(H,78,87)(H,80,91)(H,81,90)(H,82,88)/t53-,56+,57?,62+,70+,76+/m1/s1. The lowest BCUT2D eigenvalue weighted by atomic mass is 9.94. The molecule has 1 fully saturated rings. The number of aliphatic hydroxyl groups is 1. The average Bonchev–Trinajstić information content (AvgIpc) is 1.62. The Bertz CT molecular complexity index is 3660. The second-order valence-corrected chi connectivity index (χ2v) is 27.4. The van der Waals surface area contributed by atoms with Gasteiger partial charge in [-0.25, -0.2) is 9.69 Å². The van der Waals surface area contributed by atoms with E-state index in [1.165, 1.54) is 43.1 Å². The number of anilines is 2. The average molecular weight is 1530 g/mol. The molecule has 6 atom stereocenters. The Kier molecular flexibility index (Phi) is 34.4. The molecule has 3 aromatic carbocycles. The molecule has 0 bridgehead atoms. The van der Waals surface area contributed by atoms with Crippen molar-refractivity contribution in [3.8, 4) is 23.0 Å². The number of imide groups is 1. The minimum absolute atomic E-state index is 0.0529. The quantitative estimate of drug-likeness (QED) is 0.0319. The summed E-state index contributed by atoms with van der Waals surface area (Å²) in [5.74, 6) is -2.16. The van der Waals surface area contributed by atoms with E-state index in [4.69, 9.17) is 61.6 Å². The van der Waals surface area contributed by atoms with E-state index in [1.54, 1.807) is 67.6 Å². The van der Waals surface area contributed by atoms with Gasteiger partial charge in [-0.2, -0.15) is 0 Å². The zero-order valence-corrected chi connectivity index (χ0v) is 63.9. The fraction of sp³-hybridized carbons (Fsp3) is 0.584. The number of hydrogen-bond donors (Lipinski definition) is 5. The first kappa shape index (κ1) is 85.5. The predicted octanol–water partition coefficient (Wildman–Crippen LogP) is 6.01. The summed E-state index contributed by atoms with van der Waals surface area (Å²) in [6.45, 7) is 18.0. The van der Waals surface area contributed by atoms with Crippen LogP contribution in [0.3, 0.4) is 0 Å². The van der Waals surface area contributed by atoms with Crippen molar-refractivity contribution in [1.29, 1.82) is 0 Å². The summed E-state index contributed by atoms with van der Waals surface area (Å²) in [7, 11) is 2.96. The molecule has 0 saturated carbocycles. The van der Waals surface area contributed by atoms with Gasteiger partial charge in [0.1, 0.15) is 25.3 Å². The third kappa shape index (κ3) is 25.5. The fourth-order valence-corrected chi connectivity index (χ4v) is 12.4. The van der Waals surface area contributed by atoms with Gasteiger partial charge in [0.2, 0.25) is 35.4 Å². The lowest BCUT2D eigenvalue weighted by Crippen LogP contribution is -2.54. The van der Waals surface area contributed by atoms with Gasteiger partial charge in [-0.05, 0) is 94.5 Å². The highest BCUT2D eigenvalue weighted by molar-refractivity contribution is 6.07. The van der Waals surface area contributed by atoms with Crippen molar-refractivity contribution < 1.29 is 110 Å². The van der Waals surface area contributed by atoms with Gasteiger partial charge in [-0.3, -0.25) is 48.2 Å². The molecule has 32 nitrogen and oxygen atoms in total. The number of amides is 9. The number of nitrogens with one attached hydrogen (secondary N) is 4. The van der Waals surface area contributed by atoms with Crippen molar-refractivity contribution in [3.63, 3.8) is 0 Å². The van der Waals surface area contributed by atoms with Crippen LogP contribution in [0.4, 0.5) is 21.9 Å². The van der Waals surface area contributed by atoms with E-state index in [9.17, 15) is 48.3 Å². The number of aliphatic imine (C=N–C) groups is 1. The van der Waals surface area contributed by atoms with Crippen LogP contribution in [0, 0.1) is 17.8 Å². The lowest BCUT2D eigenvalue weighted by molar-refractivity contribution is -0.140. The molecule has 1 saturated heterocycles. The largest absolute Gasteiger partial charge is 0.493 e. The van der Waals surface area contributed by atoms with Gasteiger partial charge in [-0.15, -0.1) is 0 Å². The van der Waals surface area contributed by atoms with Gasteiger partial charge in [0.15, 0.2) is 29.2 Å². The molecule has 109 heavy (non-hydrogen) atoms. The summed E-state index contributed by atoms with van der Waals surface area (Å²) < 4.78 is 73.6. The van der Waals surface area contributed by atoms with Gasteiger partial charge in [-0.1, -0.05) is 51.0 Å². The predicted molar refractivity (Wildman–Crippen MR) is 398 cm³/mol. The van der Waals surface area contributed by atoms with E-state index < -0.39 is 54.1 Å². The van der Waals surface area contributed by atoms with E-state index in [0.717, 1.165) is 22.5 Å². The number of methoxy groups -OCH3 is 2. The Balaban J connectivity index is 0.644. The number of aliphatic hydroxyl groups excluding tert-OH is 1. The SMILES string of the molecule is COc1cc2c(cc1OCCCCCOc1cc3c(cc1OC)C(=O)N1C=C(C)C[C@H]1[C@H](O)N3C(=O)OCc1ccc(NC(=O)[C@@H](C)NC(=O)[C@@H](NC(=O)COCCOCCOCCOCCOCCOCCOCCOCCNC(=O)CCN3C(=O)CC(C(C)C)C3=O)C(C)C)cc1)N=C[C@@H]1CC(C)=CN1C2=O. The van der Waals surface area contributed by atoms with Gasteiger partial charge >= 0.3 is 6.09 Å². The third-order valence-electron chi connectivity index (χ3n) is 18.4. The molecule has 5 heterocycles. The number of fused-ring (bicyclic) bond motifs is 4. The summed E-state index contributed by atoms with van der Waals surface area (Å²) in [5.41, 5.74) is 3.90. The van der Waals surface area contributed by atoms with E-state index in [1.807, 2.05) is 33.9 Å². The smallest absolute Gasteiger partial charge is 0.416 e. The van der Waals surface area contributed by atoms with E-state index in [0.29, 0.717) is 159 Å². The van der Waals surface area contributed by atoms with Crippen LogP contribution in [0.25, 0.3) is 0 Å². The number of likely N-dealkylation sites (tertiary alicyclic amines) is 1. The van der Waals surface area contributed by atoms with Crippen LogP contribution in [0.2, 0.25) is 0 Å². The molecule has 3 aromatic rings. The molecule has 0 aliphatic carbocycles. The summed E-state index contributed by atoms with van der Waals surface area (Å²) >= 11 is 0. The van der Waals surface area contributed by atoms with Crippen molar-refractivity contribution in [2.45, 2.75) is 130 Å². The highest BCUT2D eigenvalue weighted by Crippen LogP contribution is 2.43. The number of ether oxygens (including phenoxy) is 13. The van der Waals surface area contributed by atoms with Crippen LogP contribution in [0.5, 0.6) is 23.0 Å². The number of nitrogens with zero attached hydrogens (tertiary/aromatic N) is 5. The molecular weight excluding hydrogens is 1420 g/mol. The molecule has 5 aliphatic rings. The number of benzene rings is 3. The van der Waals surface area contributed by atoms with Crippen LogP contribution in [-0.4, -0.2) is 256 Å². The Labute approximate surface area is 636 Å². The third-order valence-corrected chi connectivity index (χ3v) is 18.4. The molecule has 8 rings (SSSR count). The van der Waals surface area contributed by atoms with E-state index in [-0.39, 0.29) is 123 Å². The minimum Gasteiger partial charge on any atom is -0.493 e. The molecular formula is C77H107N9O23. The fourth-order valence-electron chi connectivity index (χ4n) is 12.4. The maximum atomic E-state index is 14.3. The minimum atomic E-state index is -1.53. The molecule has 5 N–H and O–H groups in total. The molecule has 0 spiro atoms. The number of unbranched alkanes of at least 4 members (excludes halogenated alkanes) is 2. The topological polar surface area (TPSA) is 367 Å². The maximum absolute atomic E-state index is 14.3. The van der Waals surface area contributed by atoms with E-state index in [2.05, 4.69) is 26.3 Å². The Morgan fingerprint density at radius 3 is 1.70 bits per heavy atom. The summed E-state index contributed by atoms with van der Waals surface area (Å²) in [5, 5.41) is 22.8. The molecule has 9 amide bonds.